The minimum Gasteiger partial charge on any atom is -0.317 e. The van der Waals surface area contributed by atoms with E-state index >= 15 is 0 Å². The first-order chi connectivity index (χ1) is 8.68. The van der Waals surface area contributed by atoms with Gasteiger partial charge in [-0.05, 0) is 68.3 Å². The van der Waals surface area contributed by atoms with Crippen LogP contribution in [0.5, 0.6) is 0 Å². The first-order valence-electron chi connectivity index (χ1n) is 7.13. The summed E-state index contributed by atoms with van der Waals surface area (Å²) in [5, 5.41) is 3.44. The summed E-state index contributed by atoms with van der Waals surface area (Å²) in [7, 11) is 0. The molecule has 1 aromatic rings. The van der Waals surface area contributed by atoms with Crippen LogP contribution in [0.25, 0.3) is 6.08 Å². The van der Waals surface area contributed by atoms with E-state index in [1.165, 1.54) is 42.6 Å². The summed E-state index contributed by atoms with van der Waals surface area (Å²) < 4.78 is 0. The smallest absolute Gasteiger partial charge is 0.00461 e. The van der Waals surface area contributed by atoms with Crippen LogP contribution in [0.1, 0.15) is 36.5 Å². The molecule has 0 saturated carbocycles. The van der Waals surface area contributed by atoms with Gasteiger partial charge in [-0.2, -0.15) is 0 Å². The van der Waals surface area contributed by atoms with Crippen molar-refractivity contribution in [2.75, 3.05) is 13.1 Å². The maximum atomic E-state index is 3.44. The van der Waals surface area contributed by atoms with Gasteiger partial charge in [-0.25, -0.2) is 0 Å². The summed E-state index contributed by atoms with van der Waals surface area (Å²) >= 11 is 0. The second-order valence-corrected chi connectivity index (χ2v) is 5.61. The third-order valence-electron chi connectivity index (χ3n) is 4.24. The highest BCUT2D eigenvalue weighted by Gasteiger charge is 2.17. The van der Waals surface area contributed by atoms with E-state index < -0.39 is 0 Å². The van der Waals surface area contributed by atoms with Gasteiger partial charge in [0.05, 0.1) is 0 Å². The molecule has 1 saturated heterocycles. The summed E-state index contributed by atoms with van der Waals surface area (Å²) in [6, 6.07) is 6.53. The molecule has 1 atom stereocenters. The minimum atomic E-state index is 0.686. The number of allylic oxidation sites excluding steroid dienone is 1. The molecule has 0 bridgehead atoms. The average molecular weight is 243 g/mol. The number of benzene rings is 1. The molecular formula is C17H25N. The maximum absolute atomic E-state index is 3.44. The Morgan fingerprint density at radius 2 is 1.78 bits per heavy atom. The van der Waals surface area contributed by atoms with Crippen LogP contribution in [0.2, 0.25) is 0 Å². The Morgan fingerprint density at radius 1 is 1.17 bits per heavy atom. The van der Waals surface area contributed by atoms with Gasteiger partial charge >= 0.3 is 0 Å². The summed E-state index contributed by atoms with van der Waals surface area (Å²) in [5.74, 6) is 1.54. The number of piperidine rings is 1. The van der Waals surface area contributed by atoms with Crippen LogP contribution >= 0.6 is 0 Å². The molecule has 1 aromatic carbocycles. The van der Waals surface area contributed by atoms with E-state index in [4.69, 9.17) is 0 Å². The van der Waals surface area contributed by atoms with Crippen molar-refractivity contribution >= 4 is 6.08 Å². The molecule has 1 heterocycles. The van der Waals surface area contributed by atoms with E-state index in [-0.39, 0.29) is 0 Å². The van der Waals surface area contributed by atoms with Crippen molar-refractivity contribution in [1.82, 2.24) is 5.32 Å². The Labute approximate surface area is 111 Å². The standard InChI is InChI=1S/C17H25N/c1-13(16-9-11-18-12-10-16)7-8-17-14(2)5-4-6-15(17)3/h4-8,13,16,18H,9-12H2,1-3H3/b8-7+. The molecule has 0 aromatic heterocycles. The number of hydrogen-bond donors (Lipinski definition) is 1. The fourth-order valence-corrected chi connectivity index (χ4v) is 2.87. The van der Waals surface area contributed by atoms with Crippen LogP contribution < -0.4 is 5.32 Å². The monoisotopic (exact) mass is 243 g/mol. The van der Waals surface area contributed by atoms with Crippen LogP contribution in [0.3, 0.4) is 0 Å². The molecule has 1 unspecified atom stereocenters. The summed E-state index contributed by atoms with van der Waals surface area (Å²) in [6.45, 7) is 9.13. The molecule has 0 radical (unpaired) electrons. The van der Waals surface area contributed by atoms with Crippen LogP contribution in [0.15, 0.2) is 24.3 Å². The molecule has 98 valence electrons. The van der Waals surface area contributed by atoms with Gasteiger partial charge in [0.2, 0.25) is 0 Å². The number of nitrogens with one attached hydrogen (secondary N) is 1. The fraction of sp³-hybridized carbons (Fsp3) is 0.529. The molecule has 1 N–H and O–H groups in total. The van der Waals surface area contributed by atoms with Gasteiger partial charge in [-0.3, -0.25) is 0 Å². The van der Waals surface area contributed by atoms with Crippen molar-refractivity contribution in [1.29, 1.82) is 0 Å². The van der Waals surface area contributed by atoms with Crippen molar-refractivity contribution in [3.63, 3.8) is 0 Å². The molecule has 0 aliphatic carbocycles. The Balaban J connectivity index is 2.05. The molecule has 1 aliphatic heterocycles. The molecule has 1 nitrogen and oxygen atoms in total. The molecular weight excluding hydrogens is 218 g/mol. The Kier molecular flexibility index (Phi) is 4.60. The van der Waals surface area contributed by atoms with E-state index in [2.05, 4.69) is 56.4 Å². The summed E-state index contributed by atoms with van der Waals surface area (Å²) in [4.78, 5) is 0. The maximum Gasteiger partial charge on any atom is -0.00461 e. The highest BCUT2D eigenvalue weighted by atomic mass is 14.9. The average Bonchev–Trinajstić information content (AvgIpc) is 2.39. The van der Waals surface area contributed by atoms with Crippen molar-refractivity contribution in [2.45, 2.75) is 33.6 Å². The molecule has 18 heavy (non-hydrogen) atoms. The predicted molar refractivity (Wildman–Crippen MR) is 79.7 cm³/mol. The second-order valence-electron chi connectivity index (χ2n) is 5.61. The predicted octanol–water partition coefficient (Wildman–Crippen LogP) is 3.95. The van der Waals surface area contributed by atoms with Crippen LogP contribution in [-0.2, 0) is 0 Å². The Morgan fingerprint density at radius 3 is 2.39 bits per heavy atom. The molecule has 1 aliphatic rings. The quantitative estimate of drug-likeness (QED) is 0.847. The van der Waals surface area contributed by atoms with Gasteiger partial charge in [0.1, 0.15) is 0 Å². The van der Waals surface area contributed by atoms with Gasteiger partial charge in [0.25, 0.3) is 0 Å². The number of hydrogen-bond acceptors (Lipinski definition) is 1. The van der Waals surface area contributed by atoms with E-state index in [0.717, 1.165) is 5.92 Å². The zero-order valence-electron chi connectivity index (χ0n) is 11.9. The molecule has 1 fully saturated rings. The highest BCUT2D eigenvalue weighted by Crippen LogP contribution is 2.24. The minimum absolute atomic E-state index is 0.686. The van der Waals surface area contributed by atoms with Crippen LogP contribution in [-0.4, -0.2) is 13.1 Å². The highest BCUT2D eigenvalue weighted by molar-refractivity contribution is 5.57. The van der Waals surface area contributed by atoms with Crippen molar-refractivity contribution in [3.8, 4) is 0 Å². The molecule has 1 heteroatoms. The first-order valence-corrected chi connectivity index (χ1v) is 7.13. The largest absolute Gasteiger partial charge is 0.317 e. The fourth-order valence-electron chi connectivity index (χ4n) is 2.87. The van der Waals surface area contributed by atoms with E-state index in [1.807, 2.05) is 0 Å². The lowest BCUT2D eigenvalue weighted by Gasteiger charge is -2.26. The Hall–Kier alpha value is -1.08. The van der Waals surface area contributed by atoms with Gasteiger partial charge in [0, 0.05) is 0 Å². The van der Waals surface area contributed by atoms with Crippen molar-refractivity contribution in [2.24, 2.45) is 11.8 Å². The Bertz CT molecular complexity index is 393. The number of rotatable bonds is 3. The number of aryl methyl sites for hydroxylation is 2. The zero-order chi connectivity index (χ0) is 13.0. The molecule has 0 spiro atoms. The van der Waals surface area contributed by atoms with Gasteiger partial charge in [0.15, 0.2) is 0 Å². The second kappa shape index (κ2) is 6.19. The normalized spacial score (nSPS) is 19.3. The lowest BCUT2D eigenvalue weighted by molar-refractivity contribution is 0.314. The lowest BCUT2D eigenvalue weighted by Crippen LogP contribution is -2.30. The van der Waals surface area contributed by atoms with Crippen molar-refractivity contribution in [3.05, 3.63) is 41.0 Å². The molecule has 2 rings (SSSR count). The van der Waals surface area contributed by atoms with Crippen molar-refractivity contribution < 1.29 is 0 Å². The lowest BCUT2D eigenvalue weighted by atomic mass is 9.85. The SMILES string of the molecule is Cc1cccc(C)c1/C=C/C(C)C1CCNCC1. The van der Waals surface area contributed by atoms with Crippen LogP contribution in [0, 0.1) is 25.7 Å². The van der Waals surface area contributed by atoms with E-state index in [9.17, 15) is 0 Å². The first kappa shape index (κ1) is 13.4. The third kappa shape index (κ3) is 3.23. The van der Waals surface area contributed by atoms with Gasteiger partial charge in [-0.15, -0.1) is 0 Å². The topological polar surface area (TPSA) is 12.0 Å². The van der Waals surface area contributed by atoms with Crippen LogP contribution in [0.4, 0.5) is 0 Å². The summed E-state index contributed by atoms with van der Waals surface area (Å²) in [5.41, 5.74) is 4.16. The van der Waals surface area contributed by atoms with E-state index in [0.29, 0.717) is 5.92 Å². The molecule has 0 amide bonds. The summed E-state index contributed by atoms with van der Waals surface area (Å²) in [6.07, 6.45) is 7.37. The van der Waals surface area contributed by atoms with Gasteiger partial charge in [-0.1, -0.05) is 37.3 Å². The zero-order valence-corrected chi connectivity index (χ0v) is 11.9. The third-order valence-corrected chi connectivity index (χ3v) is 4.24. The van der Waals surface area contributed by atoms with Gasteiger partial charge < -0.3 is 5.32 Å². The van der Waals surface area contributed by atoms with E-state index in [1.54, 1.807) is 0 Å².